The van der Waals surface area contributed by atoms with Crippen molar-refractivity contribution in [2.45, 2.75) is 64.1 Å². The van der Waals surface area contributed by atoms with Crippen molar-refractivity contribution in [2.24, 2.45) is 4.99 Å². The molecule has 0 saturated heterocycles. The van der Waals surface area contributed by atoms with E-state index >= 15 is 0 Å². The van der Waals surface area contributed by atoms with Crippen LogP contribution in [-0.2, 0) is 15.8 Å². The Bertz CT molecular complexity index is 1020. The van der Waals surface area contributed by atoms with E-state index in [1.165, 1.54) is 21.6 Å². The predicted octanol–water partition coefficient (Wildman–Crippen LogP) is 6.16. The number of aliphatic imine (C=N–C) groups is 1. The van der Waals surface area contributed by atoms with Gasteiger partial charge in [0.1, 0.15) is 0 Å². The van der Waals surface area contributed by atoms with Gasteiger partial charge in [0.2, 0.25) is 0 Å². The molecule has 3 aromatic carbocycles. The van der Waals surface area contributed by atoms with Crippen LogP contribution in [0.15, 0.2) is 96.0 Å². The molecular formula is C31H39NO2Si. The molecule has 0 aliphatic carbocycles. The van der Waals surface area contributed by atoms with Crippen molar-refractivity contribution in [3.05, 3.63) is 96.6 Å². The molecule has 3 nitrogen and oxygen atoms in total. The second-order valence-corrected chi connectivity index (χ2v) is 14.8. The zero-order chi connectivity index (χ0) is 24.6. The summed E-state index contributed by atoms with van der Waals surface area (Å²) in [4.78, 5) is 5.07. The van der Waals surface area contributed by atoms with Crippen LogP contribution in [0.1, 0.15) is 52.0 Å². The molecule has 4 rings (SSSR count). The number of rotatable bonds is 11. The van der Waals surface area contributed by atoms with Gasteiger partial charge in [0.25, 0.3) is 8.32 Å². The molecule has 184 valence electrons. The molecule has 35 heavy (non-hydrogen) atoms. The average molecular weight is 486 g/mol. The Hall–Kier alpha value is -2.53. The van der Waals surface area contributed by atoms with Gasteiger partial charge in [-0.2, -0.15) is 0 Å². The normalized spacial score (nSPS) is 16.3. The van der Waals surface area contributed by atoms with E-state index in [4.69, 9.17) is 14.2 Å². The largest absolute Gasteiger partial charge is 0.405 e. The Morgan fingerprint density at radius 1 is 0.829 bits per heavy atom. The summed E-state index contributed by atoms with van der Waals surface area (Å²) in [7, 11) is -2.50. The Morgan fingerprint density at radius 3 is 1.97 bits per heavy atom. The Morgan fingerprint density at radius 2 is 1.40 bits per heavy atom. The molecule has 0 saturated carbocycles. The van der Waals surface area contributed by atoms with Crippen molar-refractivity contribution in [3.63, 3.8) is 0 Å². The van der Waals surface area contributed by atoms with Crippen LogP contribution in [0.25, 0.3) is 0 Å². The molecule has 1 aliphatic rings. The van der Waals surface area contributed by atoms with Crippen molar-refractivity contribution in [3.8, 4) is 0 Å². The predicted molar refractivity (Wildman–Crippen MR) is 149 cm³/mol. The van der Waals surface area contributed by atoms with Gasteiger partial charge in [-0.3, -0.25) is 4.99 Å². The van der Waals surface area contributed by atoms with Crippen molar-refractivity contribution < 1.29 is 9.16 Å². The fourth-order valence-corrected chi connectivity index (χ4v) is 9.75. The zero-order valence-corrected chi connectivity index (χ0v) is 22.5. The summed E-state index contributed by atoms with van der Waals surface area (Å²) in [5.41, 5.74) is 2.55. The highest BCUT2D eigenvalue weighted by molar-refractivity contribution is 6.99. The van der Waals surface area contributed by atoms with Gasteiger partial charge in [-0.05, 0) is 46.7 Å². The first-order valence-electron chi connectivity index (χ1n) is 12.9. The van der Waals surface area contributed by atoms with Crippen molar-refractivity contribution >= 4 is 24.4 Å². The van der Waals surface area contributed by atoms with Gasteiger partial charge < -0.3 is 9.16 Å². The first kappa shape index (κ1) is 25.6. The first-order valence-corrected chi connectivity index (χ1v) is 14.8. The van der Waals surface area contributed by atoms with E-state index < -0.39 is 8.32 Å². The summed E-state index contributed by atoms with van der Waals surface area (Å²) in [5, 5.41) is 2.66. The van der Waals surface area contributed by atoms with E-state index in [-0.39, 0.29) is 11.1 Å². The number of hydrogen-bond acceptors (Lipinski definition) is 3. The van der Waals surface area contributed by atoms with Crippen LogP contribution in [0, 0.1) is 0 Å². The van der Waals surface area contributed by atoms with Crippen LogP contribution in [0.2, 0.25) is 5.04 Å². The standard InChI is InChI=1S/C31H39NO2Si/c1-31(2,3)35(29-17-9-5-10-18-29,30-19-11-6-12-20-30)34-25-28-22-21-27(32-28)16-13-23-33-24-26-14-7-4-8-15-26/h4-12,14-15,17-20,28H,13,16,21-25H2,1-3H3/t28-/m0/s1. The molecular weight excluding hydrogens is 446 g/mol. The van der Waals surface area contributed by atoms with Gasteiger partial charge in [-0.25, -0.2) is 0 Å². The maximum atomic E-state index is 7.10. The highest BCUT2D eigenvalue weighted by Gasteiger charge is 2.50. The minimum Gasteiger partial charge on any atom is -0.405 e. The van der Waals surface area contributed by atoms with E-state index in [1.54, 1.807) is 0 Å². The van der Waals surface area contributed by atoms with Crippen LogP contribution in [0.5, 0.6) is 0 Å². The molecule has 0 spiro atoms. The minimum atomic E-state index is -2.50. The topological polar surface area (TPSA) is 30.8 Å². The van der Waals surface area contributed by atoms with E-state index in [9.17, 15) is 0 Å². The van der Waals surface area contributed by atoms with Gasteiger partial charge >= 0.3 is 0 Å². The fraction of sp³-hybridized carbons (Fsp3) is 0.387. The fourth-order valence-electron chi connectivity index (χ4n) is 5.16. The summed E-state index contributed by atoms with van der Waals surface area (Å²) in [6.07, 6.45) is 4.20. The molecule has 0 unspecified atom stereocenters. The lowest BCUT2D eigenvalue weighted by atomic mass is 10.1. The summed E-state index contributed by atoms with van der Waals surface area (Å²) in [6.45, 7) is 9.13. The molecule has 1 heterocycles. The van der Waals surface area contributed by atoms with Crippen LogP contribution in [0.3, 0.4) is 0 Å². The molecule has 1 atom stereocenters. The SMILES string of the molecule is CC(C)(C)[Si](OC[C@@H]1CCC(CCCOCc2ccccc2)=N1)(c1ccccc1)c1ccccc1. The molecule has 0 fully saturated rings. The maximum Gasteiger partial charge on any atom is 0.261 e. The molecule has 3 aromatic rings. The van der Waals surface area contributed by atoms with Crippen molar-refractivity contribution in [2.75, 3.05) is 13.2 Å². The summed E-state index contributed by atoms with van der Waals surface area (Å²) < 4.78 is 13.0. The maximum absolute atomic E-state index is 7.10. The summed E-state index contributed by atoms with van der Waals surface area (Å²) in [6, 6.07) is 32.4. The van der Waals surface area contributed by atoms with Crippen molar-refractivity contribution in [1.82, 2.24) is 0 Å². The third kappa shape index (κ3) is 6.37. The number of nitrogens with zero attached hydrogens (tertiary/aromatic N) is 1. The molecule has 0 amide bonds. The Kier molecular flexibility index (Phi) is 8.72. The highest BCUT2D eigenvalue weighted by atomic mass is 28.4. The lowest BCUT2D eigenvalue weighted by Gasteiger charge is -2.43. The quantitative estimate of drug-likeness (QED) is 0.240. The molecule has 0 bridgehead atoms. The van der Waals surface area contributed by atoms with E-state index in [0.717, 1.165) is 32.3 Å². The lowest BCUT2D eigenvalue weighted by molar-refractivity contribution is 0.120. The van der Waals surface area contributed by atoms with Gasteiger partial charge in [-0.1, -0.05) is 112 Å². The Labute approximate surface area is 212 Å². The monoisotopic (exact) mass is 485 g/mol. The third-order valence-electron chi connectivity index (χ3n) is 6.91. The zero-order valence-electron chi connectivity index (χ0n) is 21.5. The first-order chi connectivity index (χ1) is 17.0. The van der Waals surface area contributed by atoms with E-state index in [1.807, 2.05) is 6.07 Å². The van der Waals surface area contributed by atoms with Crippen LogP contribution >= 0.6 is 0 Å². The highest BCUT2D eigenvalue weighted by Crippen LogP contribution is 2.37. The molecule has 1 aliphatic heterocycles. The second kappa shape index (κ2) is 11.9. The molecule has 4 heteroatoms. The van der Waals surface area contributed by atoms with Crippen LogP contribution < -0.4 is 10.4 Å². The van der Waals surface area contributed by atoms with E-state index in [0.29, 0.717) is 13.2 Å². The third-order valence-corrected chi connectivity index (χ3v) is 11.9. The summed E-state index contributed by atoms with van der Waals surface area (Å²) in [5.74, 6) is 0. The van der Waals surface area contributed by atoms with Crippen molar-refractivity contribution in [1.29, 1.82) is 0 Å². The molecule has 0 N–H and O–H groups in total. The van der Waals surface area contributed by atoms with Gasteiger partial charge in [0, 0.05) is 12.3 Å². The smallest absolute Gasteiger partial charge is 0.261 e. The van der Waals surface area contributed by atoms with Crippen LogP contribution in [0.4, 0.5) is 0 Å². The second-order valence-electron chi connectivity index (χ2n) is 10.5. The van der Waals surface area contributed by atoms with Gasteiger partial charge in [-0.15, -0.1) is 0 Å². The number of benzene rings is 3. The van der Waals surface area contributed by atoms with E-state index in [2.05, 4.69) is 106 Å². The lowest BCUT2D eigenvalue weighted by Crippen LogP contribution is -2.67. The number of ether oxygens (including phenoxy) is 1. The average Bonchev–Trinajstić information content (AvgIpc) is 3.33. The van der Waals surface area contributed by atoms with Crippen LogP contribution in [-0.4, -0.2) is 33.3 Å². The summed E-state index contributed by atoms with van der Waals surface area (Å²) >= 11 is 0. The Balaban J connectivity index is 1.38. The molecule has 0 radical (unpaired) electrons. The molecule has 0 aromatic heterocycles. The minimum absolute atomic E-state index is 0.00303. The van der Waals surface area contributed by atoms with Gasteiger partial charge in [0.15, 0.2) is 0 Å². The van der Waals surface area contributed by atoms with Gasteiger partial charge in [0.05, 0.1) is 19.3 Å². The number of hydrogen-bond donors (Lipinski definition) is 0.